The largest absolute Gasteiger partial charge is 0.390 e. The van der Waals surface area contributed by atoms with E-state index in [1.165, 1.54) is 0 Å². The summed E-state index contributed by atoms with van der Waals surface area (Å²) in [6, 6.07) is 0. The van der Waals surface area contributed by atoms with Gasteiger partial charge in [-0.2, -0.15) is 13.7 Å². The third kappa shape index (κ3) is 8.99. The van der Waals surface area contributed by atoms with Crippen LogP contribution in [0.2, 0.25) is 0 Å². The van der Waals surface area contributed by atoms with Crippen LogP contribution >= 0.6 is 0 Å². The molecule has 0 aromatic carbocycles. The average Bonchev–Trinajstić information content (AvgIpc) is 2.42. The molecule has 0 fully saturated rings. The van der Waals surface area contributed by atoms with Crippen molar-refractivity contribution in [2.45, 2.75) is 69.3 Å². The van der Waals surface area contributed by atoms with Gasteiger partial charge in [0.25, 0.3) is 10.1 Å². The van der Waals surface area contributed by atoms with Crippen LogP contribution in [0, 0.1) is 0 Å². The SMILES string of the molecule is CC(C(O)C(O)CCCCCCCC(=O)OO)S(=O)(=O)O. The van der Waals surface area contributed by atoms with E-state index in [9.17, 15) is 23.4 Å². The summed E-state index contributed by atoms with van der Waals surface area (Å²) in [6.45, 7) is 1.13. The van der Waals surface area contributed by atoms with Gasteiger partial charge in [-0.1, -0.05) is 25.7 Å². The monoisotopic (exact) mass is 328 g/mol. The number of hydrogen-bond donors (Lipinski definition) is 4. The summed E-state index contributed by atoms with van der Waals surface area (Å²) >= 11 is 0. The van der Waals surface area contributed by atoms with E-state index >= 15 is 0 Å². The van der Waals surface area contributed by atoms with Crippen molar-refractivity contribution in [1.82, 2.24) is 0 Å². The molecule has 0 aromatic rings. The van der Waals surface area contributed by atoms with Crippen LogP contribution in [0.15, 0.2) is 0 Å². The smallest absolute Gasteiger partial charge is 0.342 e. The number of aliphatic hydroxyl groups excluding tert-OH is 2. The Bertz CT molecular complexity index is 394. The lowest BCUT2D eigenvalue weighted by Gasteiger charge is -2.21. The molecule has 3 unspecified atom stereocenters. The number of unbranched alkanes of at least 4 members (excludes halogenated alkanes) is 4. The fourth-order valence-electron chi connectivity index (χ4n) is 1.86. The Morgan fingerprint density at radius 1 is 1.10 bits per heavy atom. The fourth-order valence-corrected chi connectivity index (χ4v) is 2.39. The highest BCUT2D eigenvalue weighted by atomic mass is 32.2. The molecule has 0 bridgehead atoms. The van der Waals surface area contributed by atoms with Gasteiger partial charge in [-0.15, -0.1) is 0 Å². The first-order chi connectivity index (χ1) is 9.70. The molecule has 0 rings (SSSR count). The van der Waals surface area contributed by atoms with Crippen LogP contribution in [-0.2, 0) is 19.8 Å². The van der Waals surface area contributed by atoms with E-state index < -0.39 is 33.5 Å². The molecule has 0 aliphatic carbocycles. The van der Waals surface area contributed by atoms with Crippen LogP contribution in [0.3, 0.4) is 0 Å². The molecule has 0 aromatic heterocycles. The highest BCUT2D eigenvalue weighted by Crippen LogP contribution is 2.15. The first-order valence-electron chi connectivity index (χ1n) is 6.86. The van der Waals surface area contributed by atoms with Gasteiger partial charge in [0.2, 0.25) is 0 Å². The second kappa shape index (κ2) is 10.1. The predicted octanol–water partition coefficient (Wildman–Crippen LogP) is 0.731. The molecule has 3 atom stereocenters. The molecule has 0 radical (unpaired) electrons. The van der Waals surface area contributed by atoms with Crippen molar-refractivity contribution in [2.75, 3.05) is 0 Å². The van der Waals surface area contributed by atoms with Crippen LogP contribution in [0.5, 0.6) is 0 Å². The maximum absolute atomic E-state index is 10.8. The van der Waals surface area contributed by atoms with Gasteiger partial charge in [0, 0.05) is 6.42 Å². The first kappa shape index (κ1) is 20.3. The Morgan fingerprint density at radius 2 is 1.62 bits per heavy atom. The zero-order chi connectivity index (χ0) is 16.5. The van der Waals surface area contributed by atoms with E-state index in [-0.39, 0.29) is 12.8 Å². The molecule has 0 aliphatic rings. The van der Waals surface area contributed by atoms with Crippen LogP contribution in [0.1, 0.15) is 51.9 Å². The molecule has 0 heterocycles. The minimum Gasteiger partial charge on any atom is -0.390 e. The standard InChI is InChI=1S/C12H24O8S/c1-9(21(17,18)19)12(15)10(13)7-5-3-2-4-6-8-11(14)20-16/h9-10,12-13,15-16H,2-8H2,1H3,(H,17,18,19). The minimum absolute atomic E-state index is 0.143. The van der Waals surface area contributed by atoms with Gasteiger partial charge >= 0.3 is 5.97 Å². The third-order valence-electron chi connectivity index (χ3n) is 3.33. The van der Waals surface area contributed by atoms with Crippen LogP contribution < -0.4 is 0 Å². The van der Waals surface area contributed by atoms with Crippen molar-refractivity contribution in [1.29, 1.82) is 0 Å². The van der Waals surface area contributed by atoms with Gasteiger partial charge in [-0.3, -0.25) is 4.55 Å². The second-order valence-corrected chi connectivity index (χ2v) is 6.82. The molecule has 0 aliphatic heterocycles. The van der Waals surface area contributed by atoms with Gasteiger partial charge in [0.15, 0.2) is 0 Å². The van der Waals surface area contributed by atoms with Crippen molar-refractivity contribution in [3.05, 3.63) is 0 Å². The molecular weight excluding hydrogens is 304 g/mol. The zero-order valence-corrected chi connectivity index (χ0v) is 12.8. The highest BCUT2D eigenvalue weighted by molar-refractivity contribution is 7.86. The van der Waals surface area contributed by atoms with Crippen molar-refractivity contribution in [3.8, 4) is 0 Å². The molecule has 126 valence electrons. The van der Waals surface area contributed by atoms with Crippen molar-refractivity contribution in [2.24, 2.45) is 0 Å². The quantitative estimate of drug-likeness (QED) is 0.188. The van der Waals surface area contributed by atoms with E-state index in [4.69, 9.17) is 9.81 Å². The number of hydrogen-bond acceptors (Lipinski definition) is 7. The minimum atomic E-state index is -4.37. The molecule has 0 amide bonds. The lowest BCUT2D eigenvalue weighted by atomic mass is 10.0. The van der Waals surface area contributed by atoms with E-state index in [0.717, 1.165) is 26.2 Å². The summed E-state index contributed by atoms with van der Waals surface area (Å²) < 4.78 is 30.5. The number of carbonyl (C=O) groups excluding carboxylic acids is 1. The topological polar surface area (TPSA) is 141 Å². The van der Waals surface area contributed by atoms with Crippen LogP contribution in [0.4, 0.5) is 0 Å². The average molecular weight is 328 g/mol. The molecule has 4 N–H and O–H groups in total. The number of rotatable bonds is 11. The summed E-state index contributed by atoms with van der Waals surface area (Å²) in [5.41, 5.74) is 0. The van der Waals surface area contributed by atoms with Crippen LogP contribution in [-0.4, -0.2) is 51.9 Å². The van der Waals surface area contributed by atoms with Crippen LogP contribution in [0.25, 0.3) is 0 Å². The number of aliphatic hydroxyl groups is 2. The molecular formula is C12H24O8S. The Labute approximate surface area is 124 Å². The maximum atomic E-state index is 10.8. The maximum Gasteiger partial charge on any atom is 0.342 e. The summed E-state index contributed by atoms with van der Waals surface area (Å²) in [5, 5.41) is 25.8. The molecule has 8 nitrogen and oxygen atoms in total. The lowest BCUT2D eigenvalue weighted by molar-refractivity contribution is -0.234. The van der Waals surface area contributed by atoms with Gasteiger partial charge in [-0.05, 0) is 19.8 Å². The van der Waals surface area contributed by atoms with E-state index in [2.05, 4.69) is 4.89 Å². The Morgan fingerprint density at radius 3 is 2.14 bits per heavy atom. The third-order valence-corrected chi connectivity index (χ3v) is 4.55. The molecule has 21 heavy (non-hydrogen) atoms. The van der Waals surface area contributed by atoms with E-state index in [0.29, 0.717) is 12.8 Å². The molecule has 0 saturated heterocycles. The van der Waals surface area contributed by atoms with Crippen molar-refractivity contribution < 1.29 is 38.1 Å². The van der Waals surface area contributed by atoms with Crippen molar-refractivity contribution in [3.63, 3.8) is 0 Å². The van der Waals surface area contributed by atoms with Gasteiger partial charge < -0.3 is 15.1 Å². The summed E-state index contributed by atoms with van der Waals surface area (Å²) in [5.74, 6) is -0.673. The number of carbonyl (C=O) groups is 1. The van der Waals surface area contributed by atoms with E-state index in [1.807, 2.05) is 0 Å². The lowest BCUT2D eigenvalue weighted by Crippen LogP contribution is -2.40. The normalized spacial score (nSPS) is 16.2. The van der Waals surface area contributed by atoms with Gasteiger partial charge in [0.05, 0.1) is 12.2 Å². The summed E-state index contributed by atoms with van der Waals surface area (Å²) in [6.07, 6.45) is 1.10. The van der Waals surface area contributed by atoms with Gasteiger partial charge in [-0.25, -0.2) is 4.79 Å². The second-order valence-electron chi connectivity index (χ2n) is 5.05. The first-order valence-corrected chi connectivity index (χ1v) is 8.37. The van der Waals surface area contributed by atoms with Crippen molar-refractivity contribution >= 4 is 16.1 Å². The molecule has 9 heteroatoms. The zero-order valence-electron chi connectivity index (χ0n) is 12.0. The molecule has 0 saturated carbocycles. The van der Waals surface area contributed by atoms with E-state index in [1.54, 1.807) is 0 Å². The highest BCUT2D eigenvalue weighted by Gasteiger charge is 2.31. The Kier molecular flexibility index (Phi) is 9.71. The Hall–Kier alpha value is -0.740. The predicted molar refractivity (Wildman–Crippen MR) is 74.1 cm³/mol. The fraction of sp³-hybridized carbons (Fsp3) is 0.917. The summed E-state index contributed by atoms with van der Waals surface area (Å²) in [4.78, 5) is 14.1. The Balaban J connectivity index is 3.75. The summed E-state index contributed by atoms with van der Waals surface area (Å²) in [7, 11) is -4.37. The molecule has 0 spiro atoms. The van der Waals surface area contributed by atoms with Gasteiger partial charge in [0.1, 0.15) is 5.25 Å².